The van der Waals surface area contributed by atoms with Crippen molar-refractivity contribution in [2.24, 2.45) is 5.41 Å². The van der Waals surface area contributed by atoms with Gasteiger partial charge in [-0.25, -0.2) is 4.79 Å². The van der Waals surface area contributed by atoms with Crippen LogP contribution in [0.25, 0.3) is 0 Å². The molecule has 0 aliphatic carbocycles. The van der Waals surface area contributed by atoms with Crippen LogP contribution in [0.15, 0.2) is 0 Å². The summed E-state index contributed by atoms with van der Waals surface area (Å²) in [4.78, 5) is 13.4. The fourth-order valence-electron chi connectivity index (χ4n) is 3.51. The Labute approximate surface area is 103 Å². The first kappa shape index (κ1) is 12.7. The van der Waals surface area contributed by atoms with E-state index in [9.17, 15) is 9.90 Å². The number of piperidine rings is 1. The van der Waals surface area contributed by atoms with Crippen LogP contribution in [-0.4, -0.2) is 40.8 Å². The molecule has 17 heavy (non-hydrogen) atoms. The van der Waals surface area contributed by atoms with Crippen LogP contribution in [0.4, 0.5) is 4.79 Å². The minimum atomic E-state index is -0.744. The number of carboxylic acid groups (broad SMARTS) is 1. The summed E-state index contributed by atoms with van der Waals surface area (Å²) in [5.74, 6) is 0. The molecular weight excluding hydrogens is 216 g/mol. The third-order valence-electron chi connectivity index (χ3n) is 4.36. The maximum absolute atomic E-state index is 11.6. The first-order chi connectivity index (χ1) is 7.87. The average molecular weight is 240 g/mol. The van der Waals surface area contributed by atoms with Crippen molar-refractivity contribution < 1.29 is 9.90 Å². The minimum absolute atomic E-state index is 0.0271. The summed E-state index contributed by atoms with van der Waals surface area (Å²) >= 11 is 0. The fraction of sp³-hybridized carbons (Fsp3) is 0.923. The molecule has 0 aromatic carbocycles. The van der Waals surface area contributed by atoms with E-state index < -0.39 is 6.09 Å². The van der Waals surface area contributed by atoms with E-state index in [4.69, 9.17) is 0 Å². The molecule has 0 radical (unpaired) electrons. The molecule has 4 heteroatoms. The summed E-state index contributed by atoms with van der Waals surface area (Å²) in [5, 5.41) is 12.9. The number of likely N-dealkylation sites (tertiary alicyclic amines) is 1. The van der Waals surface area contributed by atoms with Gasteiger partial charge in [-0.3, -0.25) is 4.90 Å². The normalized spacial score (nSPS) is 34.3. The average Bonchev–Trinajstić information content (AvgIpc) is 2.58. The van der Waals surface area contributed by atoms with Crippen LogP contribution >= 0.6 is 0 Å². The molecule has 2 rings (SSSR count). The van der Waals surface area contributed by atoms with Crippen molar-refractivity contribution in [3.63, 3.8) is 0 Å². The number of amides is 1. The van der Waals surface area contributed by atoms with Crippen molar-refractivity contribution in [1.29, 1.82) is 0 Å². The van der Waals surface area contributed by atoms with E-state index in [2.05, 4.69) is 26.1 Å². The lowest BCUT2D eigenvalue weighted by atomic mass is 9.85. The largest absolute Gasteiger partial charge is 0.465 e. The molecule has 98 valence electrons. The van der Waals surface area contributed by atoms with Crippen molar-refractivity contribution in [3.05, 3.63) is 0 Å². The molecule has 2 unspecified atom stereocenters. The minimum Gasteiger partial charge on any atom is -0.465 e. The van der Waals surface area contributed by atoms with Crippen LogP contribution in [-0.2, 0) is 0 Å². The van der Waals surface area contributed by atoms with Crippen LogP contribution in [0.2, 0.25) is 0 Å². The molecule has 0 saturated carbocycles. The highest BCUT2D eigenvalue weighted by Gasteiger charge is 2.52. The molecule has 2 atom stereocenters. The van der Waals surface area contributed by atoms with Crippen molar-refractivity contribution in [2.45, 2.75) is 58.0 Å². The predicted octanol–water partition coefficient (Wildman–Crippen LogP) is 2.30. The Bertz CT molecular complexity index is 303. The number of rotatable bonds is 0. The number of hydrogen-bond donors (Lipinski definition) is 2. The zero-order valence-corrected chi connectivity index (χ0v) is 11.1. The Morgan fingerprint density at radius 1 is 1.41 bits per heavy atom. The first-order valence-corrected chi connectivity index (χ1v) is 6.60. The molecule has 1 amide bonds. The summed E-state index contributed by atoms with van der Waals surface area (Å²) in [6, 6.07) is 0.153. The Kier molecular flexibility index (Phi) is 3.10. The van der Waals surface area contributed by atoms with E-state index in [1.807, 2.05) is 0 Å². The Balaban J connectivity index is 2.27. The monoisotopic (exact) mass is 240 g/mol. The number of carbonyl (C=O) groups is 1. The van der Waals surface area contributed by atoms with Gasteiger partial charge in [-0.15, -0.1) is 0 Å². The second kappa shape index (κ2) is 4.16. The zero-order chi connectivity index (χ0) is 12.7. The second-order valence-corrected chi connectivity index (χ2v) is 6.58. The smallest absolute Gasteiger partial charge is 0.408 e. The molecule has 2 saturated heterocycles. The molecule has 2 fully saturated rings. The summed E-state index contributed by atoms with van der Waals surface area (Å²) in [6.45, 7) is 8.27. The molecule has 2 aliphatic heterocycles. The third-order valence-corrected chi connectivity index (χ3v) is 4.36. The summed E-state index contributed by atoms with van der Waals surface area (Å²) in [6.07, 6.45) is 3.36. The van der Waals surface area contributed by atoms with Crippen molar-refractivity contribution in [3.8, 4) is 0 Å². The van der Waals surface area contributed by atoms with Crippen molar-refractivity contribution in [1.82, 2.24) is 10.2 Å². The van der Waals surface area contributed by atoms with Crippen LogP contribution in [0, 0.1) is 5.41 Å². The number of nitrogens with zero attached hydrogens (tertiary/aromatic N) is 1. The van der Waals surface area contributed by atoms with Gasteiger partial charge in [0.2, 0.25) is 0 Å². The van der Waals surface area contributed by atoms with Crippen LogP contribution in [0.3, 0.4) is 0 Å². The molecular formula is C13H24N2O2. The lowest BCUT2D eigenvalue weighted by Gasteiger charge is -2.45. The predicted molar refractivity (Wildman–Crippen MR) is 67.2 cm³/mol. The second-order valence-electron chi connectivity index (χ2n) is 6.58. The van der Waals surface area contributed by atoms with Gasteiger partial charge in [-0.2, -0.15) is 0 Å². The van der Waals surface area contributed by atoms with Gasteiger partial charge in [-0.05, 0) is 37.6 Å². The quantitative estimate of drug-likeness (QED) is 0.683. The Hall–Kier alpha value is -0.770. The van der Waals surface area contributed by atoms with E-state index in [0.717, 1.165) is 38.8 Å². The van der Waals surface area contributed by atoms with E-state index in [0.29, 0.717) is 0 Å². The highest BCUT2D eigenvalue weighted by atomic mass is 16.4. The molecule has 2 heterocycles. The Morgan fingerprint density at radius 3 is 2.59 bits per heavy atom. The van der Waals surface area contributed by atoms with Crippen LogP contribution in [0.5, 0.6) is 0 Å². The molecule has 0 aromatic rings. The van der Waals surface area contributed by atoms with Gasteiger partial charge in [0.05, 0.1) is 5.54 Å². The van der Waals surface area contributed by atoms with Gasteiger partial charge in [0, 0.05) is 12.6 Å². The molecule has 2 N–H and O–H groups in total. The topological polar surface area (TPSA) is 52.6 Å². The highest BCUT2D eigenvalue weighted by molar-refractivity contribution is 5.67. The summed E-state index contributed by atoms with van der Waals surface area (Å²) in [5.41, 5.74) is -0.110. The van der Waals surface area contributed by atoms with Gasteiger partial charge in [0.1, 0.15) is 0 Å². The van der Waals surface area contributed by atoms with Crippen LogP contribution < -0.4 is 5.32 Å². The van der Waals surface area contributed by atoms with Crippen LogP contribution in [0.1, 0.15) is 46.5 Å². The van der Waals surface area contributed by atoms with E-state index >= 15 is 0 Å². The SMILES string of the molecule is CC(C)(C)C1CCC2(CCCNC2)N1C(=O)O. The number of hydrogen-bond acceptors (Lipinski definition) is 2. The van der Waals surface area contributed by atoms with Gasteiger partial charge in [0.25, 0.3) is 0 Å². The third kappa shape index (κ3) is 2.15. The standard InChI is InChI=1S/C13H24N2O2/c1-12(2,3)10-5-7-13(15(10)11(16)17)6-4-8-14-9-13/h10,14H,4-9H2,1-3H3,(H,16,17). The van der Waals surface area contributed by atoms with Gasteiger partial charge < -0.3 is 10.4 Å². The van der Waals surface area contributed by atoms with Gasteiger partial charge in [0.15, 0.2) is 0 Å². The molecule has 1 spiro atoms. The lowest BCUT2D eigenvalue weighted by molar-refractivity contribution is 0.0367. The van der Waals surface area contributed by atoms with Crippen molar-refractivity contribution in [2.75, 3.05) is 13.1 Å². The highest BCUT2D eigenvalue weighted by Crippen LogP contribution is 2.44. The summed E-state index contributed by atoms with van der Waals surface area (Å²) in [7, 11) is 0. The molecule has 0 bridgehead atoms. The molecule has 0 aromatic heterocycles. The number of nitrogens with one attached hydrogen (secondary N) is 1. The first-order valence-electron chi connectivity index (χ1n) is 6.60. The fourth-order valence-corrected chi connectivity index (χ4v) is 3.51. The lowest BCUT2D eigenvalue weighted by Crippen LogP contribution is -2.59. The van der Waals surface area contributed by atoms with Gasteiger partial charge >= 0.3 is 6.09 Å². The zero-order valence-electron chi connectivity index (χ0n) is 11.1. The maximum Gasteiger partial charge on any atom is 0.408 e. The van der Waals surface area contributed by atoms with Crippen molar-refractivity contribution >= 4 is 6.09 Å². The van der Waals surface area contributed by atoms with E-state index in [1.165, 1.54) is 0 Å². The van der Waals surface area contributed by atoms with Gasteiger partial charge in [-0.1, -0.05) is 20.8 Å². The summed E-state index contributed by atoms with van der Waals surface area (Å²) < 4.78 is 0. The molecule has 2 aliphatic rings. The van der Waals surface area contributed by atoms with E-state index in [1.54, 1.807) is 4.90 Å². The molecule has 4 nitrogen and oxygen atoms in total. The Morgan fingerprint density at radius 2 is 2.12 bits per heavy atom. The van der Waals surface area contributed by atoms with E-state index in [-0.39, 0.29) is 17.0 Å². The maximum atomic E-state index is 11.6.